The number of aryl methyl sites for hydroxylation is 1. The molecule has 1 aliphatic rings. The molecule has 0 saturated carbocycles. The third kappa shape index (κ3) is 1.49. The van der Waals surface area contributed by atoms with Crippen molar-refractivity contribution < 1.29 is 0 Å². The first-order valence-corrected chi connectivity index (χ1v) is 4.68. The van der Waals surface area contributed by atoms with Gasteiger partial charge < -0.3 is 10.6 Å². The fourth-order valence-corrected chi connectivity index (χ4v) is 1.72. The fourth-order valence-electron chi connectivity index (χ4n) is 1.49. The number of nitrogens with two attached hydrogens (primary N) is 1. The van der Waals surface area contributed by atoms with Gasteiger partial charge in [0.25, 0.3) is 0 Å². The number of pyridine rings is 1. The Kier molecular flexibility index (Phi) is 2.14. The summed E-state index contributed by atoms with van der Waals surface area (Å²) in [5, 5.41) is 0.745. The summed E-state index contributed by atoms with van der Waals surface area (Å²) in [5.41, 5.74) is 7.62. The molecule has 1 aliphatic heterocycles. The second kappa shape index (κ2) is 3.16. The number of aromatic nitrogens is 1. The Morgan fingerprint density at radius 2 is 2.31 bits per heavy atom. The minimum absolute atomic E-state index is 0.296. The van der Waals surface area contributed by atoms with E-state index in [1.54, 1.807) is 6.20 Å². The SMILES string of the molecule is Cc1nccc(N2CC(N)C2)c1Cl. The van der Waals surface area contributed by atoms with Crippen LogP contribution in [0.5, 0.6) is 0 Å². The lowest BCUT2D eigenvalue weighted by atomic mass is 10.1. The van der Waals surface area contributed by atoms with E-state index in [-0.39, 0.29) is 0 Å². The van der Waals surface area contributed by atoms with Crippen molar-refractivity contribution in [2.45, 2.75) is 13.0 Å². The lowest BCUT2D eigenvalue weighted by molar-refractivity contribution is 0.519. The molecule has 0 radical (unpaired) electrons. The third-order valence-corrected chi connectivity index (χ3v) is 2.76. The zero-order chi connectivity index (χ0) is 9.42. The van der Waals surface area contributed by atoms with Gasteiger partial charge in [0.15, 0.2) is 0 Å². The predicted octanol–water partition coefficient (Wildman–Crippen LogP) is 1.19. The minimum Gasteiger partial charge on any atom is -0.367 e. The van der Waals surface area contributed by atoms with Crippen molar-refractivity contribution in [1.29, 1.82) is 0 Å². The highest BCUT2D eigenvalue weighted by Crippen LogP contribution is 2.29. The summed E-state index contributed by atoms with van der Waals surface area (Å²) in [5.74, 6) is 0. The van der Waals surface area contributed by atoms with E-state index in [0.717, 1.165) is 29.5 Å². The zero-order valence-electron chi connectivity index (χ0n) is 7.50. The van der Waals surface area contributed by atoms with Crippen LogP contribution in [0.15, 0.2) is 12.3 Å². The van der Waals surface area contributed by atoms with Crippen LogP contribution in [0.25, 0.3) is 0 Å². The molecule has 2 rings (SSSR count). The number of hydrogen-bond donors (Lipinski definition) is 1. The molecule has 0 bridgehead atoms. The molecule has 3 nitrogen and oxygen atoms in total. The maximum atomic E-state index is 6.10. The first-order valence-electron chi connectivity index (χ1n) is 4.30. The van der Waals surface area contributed by atoms with Crippen LogP contribution in [0, 0.1) is 6.92 Å². The highest BCUT2D eigenvalue weighted by Gasteiger charge is 2.25. The lowest BCUT2D eigenvalue weighted by Gasteiger charge is -2.39. The highest BCUT2D eigenvalue weighted by atomic mass is 35.5. The van der Waals surface area contributed by atoms with Gasteiger partial charge in [-0.05, 0) is 13.0 Å². The topological polar surface area (TPSA) is 42.2 Å². The van der Waals surface area contributed by atoms with Crippen LogP contribution in [-0.4, -0.2) is 24.1 Å². The van der Waals surface area contributed by atoms with Gasteiger partial charge in [-0.2, -0.15) is 0 Å². The number of halogens is 1. The van der Waals surface area contributed by atoms with Gasteiger partial charge in [-0.25, -0.2) is 0 Å². The number of hydrogen-bond acceptors (Lipinski definition) is 3. The van der Waals surface area contributed by atoms with Gasteiger partial charge in [-0.3, -0.25) is 4.98 Å². The quantitative estimate of drug-likeness (QED) is 0.736. The molecule has 13 heavy (non-hydrogen) atoms. The van der Waals surface area contributed by atoms with Crippen molar-refractivity contribution >= 4 is 17.3 Å². The predicted molar refractivity (Wildman–Crippen MR) is 54.2 cm³/mol. The molecule has 1 aromatic heterocycles. The molecule has 0 unspecified atom stereocenters. The third-order valence-electron chi connectivity index (χ3n) is 2.29. The summed E-state index contributed by atoms with van der Waals surface area (Å²) >= 11 is 6.10. The van der Waals surface area contributed by atoms with Gasteiger partial charge >= 0.3 is 0 Å². The maximum Gasteiger partial charge on any atom is 0.0851 e. The van der Waals surface area contributed by atoms with Crippen molar-refractivity contribution in [2.24, 2.45) is 5.73 Å². The average molecular weight is 198 g/mol. The van der Waals surface area contributed by atoms with Crippen LogP contribution in [0.1, 0.15) is 5.69 Å². The molecule has 0 aliphatic carbocycles. The van der Waals surface area contributed by atoms with Gasteiger partial charge in [-0.1, -0.05) is 11.6 Å². The Bertz CT molecular complexity index is 321. The van der Waals surface area contributed by atoms with Gasteiger partial charge in [-0.15, -0.1) is 0 Å². The second-order valence-corrected chi connectivity index (χ2v) is 3.77. The first kappa shape index (κ1) is 8.78. The average Bonchev–Trinajstić information content (AvgIpc) is 2.05. The van der Waals surface area contributed by atoms with Gasteiger partial charge in [0.2, 0.25) is 0 Å². The van der Waals surface area contributed by atoms with Crippen LogP contribution in [0.4, 0.5) is 5.69 Å². The van der Waals surface area contributed by atoms with Crippen LogP contribution >= 0.6 is 11.6 Å². The van der Waals surface area contributed by atoms with Crippen molar-refractivity contribution in [3.63, 3.8) is 0 Å². The molecule has 1 aromatic rings. The summed E-state index contributed by atoms with van der Waals surface area (Å²) in [6, 6.07) is 2.23. The molecule has 1 saturated heterocycles. The van der Waals surface area contributed by atoms with Crippen LogP contribution in [0.3, 0.4) is 0 Å². The Morgan fingerprint density at radius 1 is 1.62 bits per heavy atom. The molecule has 4 heteroatoms. The van der Waals surface area contributed by atoms with Crippen LogP contribution in [-0.2, 0) is 0 Å². The molecule has 2 N–H and O–H groups in total. The molecular formula is C9H12ClN3. The lowest BCUT2D eigenvalue weighted by Crippen LogP contribution is -2.56. The molecule has 0 amide bonds. The smallest absolute Gasteiger partial charge is 0.0851 e. The van der Waals surface area contributed by atoms with E-state index < -0.39 is 0 Å². The van der Waals surface area contributed by atoms with E-state index in [0.29, 0.717) is 6.04 Å². The minimum atomic E-state index is 0.296. The summed E-state index contributed by atoms with van der Waals surface area (Å²) in [6.45, 7) is 3.69. The highest BCUT2D eigenvalue weighted by molar-refractivity contribution is 6.33. The summed E-state index contributed by atoms with van der Waals surface area (Å²) in [7, 11) is 0. The Labute approximate surface area is 82.5 Å². The number of rotatable bonds is 1. The van der Waals surface area contributed by atoms with Crippen molar-refractivity contribution in [3.8, 4) is 0 Å². The molecule has 0 aromatic carbocycles. The summed E-state index contributed by atoms with van der Waals surface area (Å²) in [4.78, 5) is 6.28. The monoisotopic (exact) mass is 197 g/mol. The Balaban J connectivity index is 2.26. The molecule has 0 spiro atoms. The first-order chi connectivity index (χ1) is 6.18. The number of anilines is 1. The van der Waals surface area contributed by atoms with E-state index in [4.69, 9.17) is 17.3 Å². The maximum absolute atomic E-state index is 6.10. The molecular weight excluding hydrogens is 186 g/mol. The van der Waals surface area contributed by atoms with Crippen molar-refractivity contribution in [2.75, 3.05) is 18.0 Å². The zero-order valence-corrected chi connectivity index (χ0v) is 8.25. The van der Waals surface area contributed by atoms with E-state index in [1.807, 2.05) is 13.0 Å². The van der Waals surface area contributed by atoms with Crippen LogP contribution in [0.2, 0.25) is 5.02 Å². The van der Waals surface area contributed by atoms with Gasteiger partial charge in [0.05, 0.1) is 16.4 Å². The van der Waals surface area contributed by atoms with E-state index in [2.05, 4.69) is 9.88 Å². The van der Waals surface area contributed by atoms with E-state index in [1.165, 1.54) is 0 Å². The largest absolute Gasteiger partial charge is 0.367 e. The van der Waals surface area contributed by atoms with Gasteiger partial charge in [0.1, 0.15) is 0 Å². The molecule has 2 heterocycles. The second-order valence-electron chi connectivity index (χ2n) is 3.39. The van der Waals surface area contributed by atoms with Crippen molar-refractivity contribution in [3.05, 3.63) is 23.0 Å². The Hall–Kier alpha value is -0.800. The van der Waals surface area contributed by atoms with Gasteiger partial charge in [0, 0.05) is 25.3 Å². The summed E-state index contributed by atoms with van der Waals surface area (Å²) < 4.78 is 0. The molecule has 0 atom stereocenters. The summed E-state index contributed by atoms with van der Waals surface area (Å²) in [6.07, 6.45) is 1.78. The normalized spacial score (nSPS) is 17.3. The molecule has 70 valence electrons. The molecule has 1 fully saturated rings. The van der Waals surface area contributed by atoms with Crippen LogP contribution < -0.4 is 10.6 Å². The van der Waals surface area contributed by atoms with Crippen molar-refractivity contribution in [1.82, 2.24) is 4.98 Å². The van der Waals surface area contributed by atoms with E-state index >= 15 is 0 Å². The standard InChI is InChI=1S/C9H12ClN3/c1-6-9(10)8(2-3-12-6)13-4-7(11)5-13/h2-3,7H,4-5,11H2,1H3. The fraction of sp³-hybridized carbons (Fsp3) is 0.444. The Morgan fingerprint density at radius 3 is 2.92 bits per heavy atom. The van der Waals surface area contributed by atoms with E-state index in [9.17, 15) is 0 Å². The number of nitrogens with zero attached hydrogens (tertiary/aromatic N) is 2.